The second-order valence-electron chi connectivity index (χ2n) is 25.8. The highest BCUT2D eigenvalue weighted by Gasteiger charge is 2.34. The Kier molecular flexibility index (Phi) is 94.9. The molecular weight excluding hydrogens is 1350 g/mol. The summed E-state index contributed by atoms with van der Waals surface area (Å²) in [6, 6.07) is 11.1. The smallest absolute Gasteiger partial charge is 0.104 e. The van der Waals surface area contributed by atoms with Gasteiger partial charge in [-0.2, -0.15) is 0 Å². The molecule has 4 nitrogen and oxygen atoms in total. The zero-order chi connectivity index (χ0) is 61.0. The van der Waals surface area contributed by atoms with Crippen LogP contribution in [0, 0.1) is 0 Å². The highest BCUT2D eigenvalue weighted by Crippen LogP contribution is 2.61. The molecule has 0 unspecified atom stereocenters. The topological polar surface area (TPSA) is 0 Å². The minimum atomic E-state index is -0.562. The molecule has 1 rings (SSSR count). The van der Waals surface area contributed by atoms with E-state index in [1.807, 2.05) is 0 Å². The maximum Gasteiger partial charge on any atom is 0.104 e. The summed E-state index contributed by atoms with van der Waals surface area (Å²) in [6.07, 6.45) is 48.1. The summed E-state index contributed by atoms with van der Waals surface area (Å²) in [6.45, 7) is 65.9. The average Bonchev–Trinajstić information content (AvgIpc) is 3.50. The summed E-state index contributed by atoms with van der Waals surface area (Å²) in [5.41, 5.74) is 1.51. The average molecular weight is 1510 g/mol. The Labute approximate surface area is 592 Å². The van der Waals surface area contributed by atoms with Crippen molar-refractivity contribution in [2.75, 3.05) is 123 Å². The fourth-order valence-electron chi connectivity index (χ4n) is 12.3. The number of rotatable bonds is 51. The maximum absolute atomic E-state index is 2.36. The first-order valence-corrected chi connectivity index (χ1v) is 39.6. The Morgan fingerprint density at radius 3 is 0.576 bits per heavy atom. The van der Waals surface area contributed by atoms with E-state index in [-0.39, 0.29) is 82.8 Å². The Bertz CT molecular complexity index is 1090. The first kappa shape index (κ1) is 106. The van der Waals surface area contributed by atoms with Crippen molar-refractivity contribution in [3.8, 4) is 0 Å². The number of quaternary nitrogens is 4. The van der Waals surface area contributed by atoms with Crippen LogP contribution in [-0.4, -0.2) is 141 Å². The lowest BCUT2D eigenvalue weighted by molar-refractivity contribution is -0.941. The standard InChI is InChI=1S/C19H34N.2C16H36N.C16H36P.C8H20N.2BrH.2ClH.HI/c1-4-7-15-20(16-8-5-2,17-9-6-3)18-19-13-11-10-12-14-19;3*1-5-9-13-17(14-10-6-2,15-11-7-3)16-12-8-4;1-5-9(6-2,7-3)8-4;;;;;/h10-14H,4-9,15-18H2,1-3H3;3*5-16H2,1-4H3;5-8H2,1-4H3;5*1H/q5*+1;;;;;/p-5. The molecule has 0 aliphatic carbocycles. The minimum absolute atomic E-state index is 0. The Hall–Kier alpha value is 1.76. The maximum atomic E-state index is 2.36. The zero-order valence-corrected chi connectivity index (χ0v) is 69.6. The van der Waals surface area contributed by atoms with Crippen molar-refractivity contribution in [1.29, 1.82) is 0 Å². The Morgan fingerprint density at radius 1 is 0.247 bits per heavy atom. The molecular formula is C75H162Br2Cl2IN4P. The number of hydrogen-bond donors (Lipinski definition) is 0. The van der Waals surface area contributed by atoms with Crippen molar-refractivity contribution >= 4 is 7.26 Å². The highest BCUT2D eigenvalue weighted by atomic mass is 127. The molecule has 0 aromatic heterocycles. The van der Waals surface area contributed by atoms with Gasteiger partial charge in [-0.1, -0.05) is 231 Å². The molecule has 0 atom stereocenters. The van der Waals surface area contributed by atoms with Crippen molar-refractivity contribution in [2.45, 2.75) is 331 Å². The van der Waals surface area contributed by atoms with Gasteiger partial charge in [0, 0.05) is 12.8 Å². The number of unbranched alkanes of at least 4 members (excludes halogenated alkanes) is 15. The second kappa shape index (κ2) is 76.5. The van der Waals surface area contributed by atoms with Crippen molar-refractivity contribution in [3.05, 3.63) is 35.9 Å². The quantitative estimate of drug-likeness (QED) is 0.0349. The largest absolute Gasteiger partial charge is 1.00 e. The first-order chi connectivity index (χ1) is 38.7. The second-order valence-corrected chi connectivity index (χ2v) is 30.2. The summed E-state index contributed by atoms with van der Waals surface area (Å²) in [5.74, 6) is 0. The van der Waals surface area contributed by atoms with Crippen molar-refractivity contribution in [3.63, 3.8) is 0 Å². The van der Waals surface area contributed by atoms with Crippen LogP contribution in [0.4, 0.5) is 0 Å². The molecule has 1 aromatic carbocycles. The monoisotopic (exact) mass is 1500 g/mol. The van der Waals surface area contributed by atoms with E-state index >= 15 is 0 Å². The SMILES string of the molecule is CCCC[N+](CCCC)(CCCC)CCCC.CCCC[N+](CCCC)(CCCC)CCCC.CCCC[N+](CCCC)(CCCC)Cc1ccccc1.CCCC[P+](CCCC)(CCCC)CCCC.CC[N+](CC)(CC)CC.[Br-].[Br-].[Cl-].[Cl-].[I-]. The first-order valence-electron chi connectivity index (χ1n) is 37.0. The fraction of sp³-hybridized carbons (Fsp3) is 0.920. The van der Waals surface area contributed by atoms with E-state index in [4.69, 9.17) is 0 Å². The molecule has 0 radical (unpaired) electrons. The third-order valence-corrected chi connectivity index (χ3v) is 23.9. The van der Waals surface area contributed by atoms with E-state index in [2.05, 4.69) is 162 Å². The van der Waals surface area contributed by atoms with Gasteiger partial charge in [-0.25, -0.2) is 0 Å². The normalized spacial score (nSPS) is 11.2. The van der Waals surface area contributed by atoms with Gasteiger partial charge < -0.3 is 101 Å². The molecule has 0 saturated carbocycles. The van der Waals surface area contributed by atoms with Crippen LogP contribution in [0.5, 0.6) is 0 Å². The lowest BCUT2D eigenvalue weighted by atomic mass is 10.1. The van der Waals surface area contributed by atoms with Crippen molar-refractivity contribution in [2.24, 2.45) is 0 Å². The lowest BCUT2D eigenvalue weighted by Crippen LogP contribution is -3.00. The van der Waals surface area contributed by atoms with E-state index in [1.54, 1.807) is 24.6 Å². The van der Waals surface area contributed by atoms with Gasteiger partial charge in [0.1, 0.15) is 6.54 Å². The van der Waals surface area contributed by atoms with Crippen molar-refractivity contribution in [1.82, 2.24) is 0 Å². The molecule has 85 heavy (non-hydrogen) atoms. The van der Waals surface area contributed by atoms with Crippen LogP contribution in [-0.2, 0) is 6.54 Å². The third kappa shape index (κ3) is 58.1. The van der Waals surface area contributed by atoms with E-state index in [1.165, 1.54) is 321 Å². The molecule has 0 spiro atoms. The molecule has 0 aliphatic rings. The molecule has 1 aromatic rings. The van der Waals surface area contributed by atoms with Crippen LogP contribution in [0.1, 0.15) is 330 Å². The summed E-state index contributed by atoms with van der Waals surface area (Å²) >= 11 is 0. The molecule has 0 saturated heterocycles. The molecule has 0 aliphatic heterocycles. The lowest BCUT2D eigenvalue weighted by Gasteiger charge is -2.39. The van der Waals surface area contributed by atoms with E-state index in [9.17, 15) is 0 Å². The summed E-state index contributed by atoms with van der Waals surface area (Å²) in [4.78, 5) is 0. The van der Waals surface area contributed by atoms with E-state index < -0.39 is 7.26 Å². The van der Waals surface area contributed by atoms with Crippen LogP contribution in [0.25, 0.3) is 0 Å². The highest BCUT2D eigenvalue weighted by molar-refractivity contribution is 7.75. The van der Waals surface area contributed by atoms with Gasteiger partial charge in [0.05, 0.1) is 123 Å². The number of nitrogens with zero attached hydrogens (tertiary/aromatic N) is 4. The number of halogens is 5. The summed E-state index contributed by atoms with van der Waals surface area (Å²) in [7, 11) is -0.562. The molecule has 0 amide bonds. The van der Waals surface area contributed by atoms with Gasteiger partial charge >= 0.3 is 0 Å². The van der Waals surface area contributed by atoms with Gasteiger partial charge in [-0.15, -0.1) is 0 Å². The van der Waals surface area contributed by atoms with Crippen LogP contribution < -0.4 is 82.8 Å². The molecule has 522 valence electrons. The van der Waals surface area contributed by atoms with Gasteiger partial charge in [-0.05, 0) is 124 Å². The summed E-state index contributed by atoms with van der Waals surface area (Å²) < 4.78 is 5.42. The molecule has 10 heteroatoms. The van der Waals surface area contributed by atoms with Crippen LogP contribution in [0.15, 0.2) is 30.3 Å². The molecule has 0 heterocycles. The Morgan fingerprint density at radius 2 is 0.424 bits per heavy atom. The third-order valence-electron chi connectivity index (χ3n) is 18.8. The molecule has 0 fully saturated rings. The summed E-state index contributed by atoms with van der Waals surface area (Å²) in [5, 5.41) is 0. The predicted octanol–water partition coefficient (Wildman–Crippen LogP) is 8.52. The van der Waals surface area contributed by atoms with Gasteiger partial charge in [0.2, 0.25) is 0 Å². The van der Waals surface area contributed by atoms with Gasteiger partial charge in [0.15, 0.2) is 0 Å². The van der Waals surface area contributed by atoms with Gasteiger partial charge in [0.25, 0.3) is 0 Å². The molecule has 0 bridgehead atoms. The van der Waals surface area contributed by atoms with Crippen LogP contribution in [0.3, 0.4) is 0 Å². The van der Waals surface area contributed by atoms with Gasteiger partial charge in [-0.3, -0.25) is 0 Å². The number of benzene rings is 1. The van der Waals surface area contributed by atoms with Crippen LogP contribution in [0.2, 0.25) is 0 Å². The van der Waals surface area contributed by atoms with Crippen molar-refractivity contribution < 1.29 is 101 Å². The molecule has 0 N–H and O–H groups in total. The fourth-order valence-corrected chi connectivity index (χ4v) is 17.6. The predicted molar refractivity (Wildman–Crippen MR) is 377 cm³/mol. The Balaban J connectivity index is -0.000000121. The van der Waals surface area contributed by atoms with Crippen LogP contribution >= 0.6 is 7.26 Å². The van der Waals surface area contributed by atoms with E-state index in [0.717, 1.165) is 0 Å². The minimum Gasteiger partial charge on any atom is -1.00 e. The van der Waals surface area contributed by atoms with E-state index in [0.29, 0.717) is 0 Å². The zero-order valence-electron chi connectivity index (χ0n) is 61.9. The number of hydrogen-bond acceptors (Lipinski definition) is 0.